The second-order valence-corrected chi connectivity index (χ2v) is 5.36. The highest BCUT2D eigenvalue weighted by molar-refractivity contribution is 7.09. The van der Waals surface area contributed by atoms with Gasteiger partial charge in [-0.05, 0) is 30.0 Å². The van der Waals surface area contributed by atoms with Crippen molar-refractivity contribution in [2.75, 3.05) is 18.9 Å². The van der Waals surface area contributed by atoms with Gasteiger partial charge in [-0.1, -0.05) is 6.07 Å². The van der Waals surface area contributed by atoms with Crippen LogP contribution in [0.3, 0.4) is 0 Å². The van der Waals surface area contributed by atoms with E-state index < -0.39 is 4.92 Å². The third-order valence-electron chi connectivity index (χ3n) is 2.95. The average molecular weight is 305 g/mol. The minimum Gasteiger partial charge on any atom is -0.379 e. The Labute approximate surface area is 126 Å². The number of anilines is 1. The Morgan fingerprint density at radius 1 is 1.38 bits per heavy atom. The highest BCUT2D eigenvalue weighted by atomic mass is 32.1. The van der Waals surface area contributed by atoms with Crippen molar-refractivity contribution in [3.8, 4) is 0 Å². The molecular formula is C14H15N3O3S. The van der Waals surface area contributed by atoms with Crippen molar-refractivity contribution in [2.24, 2.45) is 0 Å². The van der Waals surface area contributed by atoms with Gasteiger partial charge in [0.15, 0.2) is 0 Å². The molecule has 0 spiro atoms. The fourth-order valence-corrected chi connectivity index (χ4v) is 2.60. The van der Waals surface area contributed by atoms with E-state index in [4.69, 9.17) is 0 Å². The smallest absolute Gasteiger partial charge is 0.293 e. The number of benzene rings is 1. The molecule has 0 fully saturated rings. The van der Waals surface area contributed by atoms with Crippen LogP contribution in [0.25, 0.3) is 0 Å². The average Bonchev–Trinajstić information content (AvgIpc) is 2.99. The molecule has 1 aromatic heterocycles. The van der Waals surface area contributed by atoms with Crippen molar-refractivity contribution < 1.29 is 9.72 Å². The van der Waals surface area contributed by atoms with Crippen LogP contribution in [0.2, 0.25) is 0 Å². The minimum atomic E-state index is -0.486. The Morgan fingerprint density at radius 2 is 2.19 bits per heavy atom. The number of nitro groups is 1. The fourth-order valence-electron chi connectivity index (χ4n) is 1.89. The summed E-state index contributed by atoms with van der Waals surface area (Å²) in [5.41, 5.74) is 0.597. The summed E-state index contributed by atoms with van der Waals surface area (Å²) >= 11 is 1.65. The molecule has 0 bridgehead atoms. The molecule has 7 heteroatoms. The standard InChI is InChI=1S/C14H15N3O3S/c1-15-14(18)10-4-5-12(13(9-10)17(19)20)16-7-6-11-3-2-8-21-11/h2-5,8-9,16H,6-7H2,1H3,(H,15,18). The lowest BCUT2D eigenvalue weighted by molar-refractivity contribution is -0.384. The Morgan fingerprint density at radius 3 is 2.81 bits per heavy atom. The van der Waals surface area contributed by atoms with Crippen LogP contribution in [0.15, 0.2) is 35.7 Å². The van der Waals surface area contributed by atoms with Crippen molar-refractivity contribution in [1.29, 1.82) is 0 Å². The van der Waals surface area contributed by atoms with Gasteiger partial charge in [-0.15, -0.1) is 11.3 Å². The van der Waals surface area contributed by atoms with Gasteiger partial charge < -0.3 is 10.6 Å². The Kier molecular flexibility index (Phi) is 4.89. The first-order valence-electron chi connectivity index (χ1n) is 6.38. The molecule has 0 atom stereocenters. The summed E-state index contributed by atoms with van der Waals surface area (Å²) in [6.07, 6.45) is 0.798. The summed E-state index contributed by atoms with van der Waals surface area (Å²) < 4.78 is 0. The molecule has 2 N–H and O–H groups in total. The Hall–Kier alpha value is -2.41. The van der Waals surface area contributed by atoms with Crippen molar-refractivity contribution in [3.05, 3.63) is 56.3 Å². The molecule has 2 rings (SSSR count). The third kappa shape index (κ3) is 3.79. The van der Waals surface area contributed by atoms with Crippen LogP contribution in [0.5, 0.6) is 0 Å². The molecule has 0 aliphatic heterocycles. The molecule has 0 aliphatic carbocycles. The quantitative estimate of drug-likeness (QED) is 0.635. The summed E-state index contributed by atoms with van der Waals surface area (Å²) in [7, 11) is 1.49. The zero-order valence-electron chi connectivity index (χ0n) is 11.5. The van der Waals surface area contributed by atoms with Crippen molar-refractivity contribution in [2.45, 2.75) is 6.42 Å². The second kappa shape index (κ2) is 6.85. The van der Waals surface area contributed by atoms with E-state index in [1.807, 2.05) is 17.5 Å². The number of hydrogen-bond donors (Lipinski definition) is 2. The maximum atomic E-state index is 11.5. The predicted molar refractivity (Wildman–Crippen MR) is 83.0 cm³/mol. The second-order valence-electron chi connectivity index (χ2n) is 4.32. The summed E-state index contributed by atoms with van der Waals surface area (Å²) in [5.74, 6) is -0.344. The van der Waals surface area contributed by atoms with Crippen LogP contribution in [0, 0.1) is 10.1 Å². The molecule has 0 aliphatic rings. The lowest BCUT2D eigenvalue weighted by Crippen LogP contribution is -2.18. The monoisotopic (exact) mass is 305 g/mol. The first kappa shape index (κ1) is 15.0. The molecular weight excluding hydrogens is 290 g/mol. The van der Waals surface area contributed by atoms with Gasteiger partial charge in [0.2, 0.25) is 0 Å². The van der Waals surface area contributed by atoms with Crippen molar-refractivity contribution >= 4 is 28.6 Å². The van der Waals surface area contributed by atoms with Gasteiger partial charge in [0, 0.05) is 30.1 Å². The zero-order chi connectivity index (χ0) is 15.2. The van der Waals surface area contributed by atoms with Gasteiger partial charge in [0.05, 0.1) is 4.92 Å². The number of thiophene rings is 1. The largest absolute Gasteiger partial charge is 0.379 e. The Bertz CT molecular complexity index is 641. The van der Waals surface area contributed by atoms with Gasteiger partial charge in [0.25, 0.3) is 11.6 Å². The number of nitrogens with one attached hydrogen (secondary N) is 2. The van der Waals surface area contributed by atoms with Crippen LogP contribution >= 0.6 is 11.3 Å². The van der Waals surface area contributed by atoms with Crippen molar-refractivity contribution in [3.63, 3.8) is 0 Å². The number of carbonyl (C=O) groups is 1. The number of nitrogens with zero attached hydrogens (tertiary/aromatic N) is 1. The van der Waals surface area contributed by atoms with Crippen LogP contribution < -0.4 is 10.6 Å². The number of hydrogen-bond acceptors (Lipinski definition) is 5. The third-order valence-corrected chi connectivity index (χ3v) is 3.89. The first-order chi connectivity index (χ1) is 10.1. The van der Waals surface area contributed by atoms with E-state index in [2.05, 4.69) is 10.6 Å². The molecule has 0 unspecified atom stereocenters. The van der Waals surface area contributed by atoms with E-state index in [0.717, 1.165) is 6.42 Å². The zero-order valence-corrected chi connectivity index (χ0v) is 12.3. The molecule has 1 heterocycles. The van der Waals surface area contributed by atoms with E-state index in [9.17, 15) is 14.9 Å². The summed E-state index contributed by atoms with van der Waals surface area (Å²) in [6.45, 7) is 0.598. The minimum absolute atomic E-state index is 0.0951. The topological polar surface area (TPSA) is 84.3 Å². The van der Waals surface area contributed by atoms with E-state index in [1.54, 1.807) is 23.5 Å². The molecule has 0 radical (unpaired) electrons. The van der Waals surface area contributed by atoms with Crippen LogP contribution in [-0.2, 0) is 6.42 Å². The normalized spacial score (nSPS) is 10.1. The van der Waals surface area contributed by atoms with Crippen LogP contribution in [-0.4, -0.2) is 24.4 Å². The van der Waals surface area contributed by atoms with Gasteiger partial charge in [-0.3, -0.25) is 14.9 Å². The summed E-state index contributed by atoms with van der Waals surface area (Å²) in [4.78, 5) is 23.4. The number of carbonyl (C=O) groups excluding carboxylic acids is 1. The van der Waals surface area contributed by atoms with E-state index in [1.165, 1.54) is 18.0 Å². The van der Waals surface area contributed by atoms with Crippen molar-refractivity contribution in [1.82, 2.24) is 5.32 Å². The van der Waals surface area contributed by atoms with Gasteiger partial charge in [-0.2, -0.15) is 0 Å². The number of nitro benzene ring substituents is 1. The first-order valence-corrected chi connectivity index (χ1v) is 7.26. The van der Waals surface area contributed by atoms with E-state index in [0.29, 0.717) is 12.2 Å². The lowest BCUT2D eigenvalue weighted by Gasteiger charge is -2.08. The lowest BCUT2D eigenvalue weighted by atomic mass is 10.1. The molecule has 0 saturated carbocycles. The molecule has 110 valence electrons. The van der Waals surface area contributed by atoms with Gasteiger partial charge in [-0.25, -0.2) is 0 Å². The number of amides is 1. The predicted octanol–water partition coefficient (Wildman–Crippen LogP) is 2.67. The Balaban J connectivity index is 2.11. The fraction of sp³-hybridized carbons (Fsp3) is 0.214. The molecule has 0 saturated heterocycles. The summed E-state index contributed by atoms with van der Waals surface area (Å²) in [6, 6.07) is 8.42. The molecule has 1 amide bonds. The molecule has 21 heavy (non-hydrogen) atoms. The van der Waals surface area contributed by atoms with Crippen LogP contribution in [0.4, 0.5) is 11.4 Å². The maximum absolute atomic E-state index is 11.5. The molecule has 1 aromatic carbocycles. The van der Waals surface area contributed by atoms with Gasteiger partial charge >= 0.3 is 0 Å². The van der Waals surface area contributed by atoms with Crippen LogP contribution in [0.1, 0.15) is 15.2 Å². The van der Waals surface area contributed by atoms with Gasteiger partial charge in [0.1, 0.15) is 5.69 Å². The highest BCUT2D eigenvalue weighted by Crippen LogP contribution is 2.25. The van der Waals surface area contributed by atoms with E-state index in [-0.39, 0.29) is 17.2 Å². The number of rotatable bonds is 6. The highest BCUT2D eigenvalue weighted by Gasteiger charge is 2.16. The summed E-state index contributed by atoms with van der Waals surface area (Å²) in [5, 5.41) is 18.6. The maximum Gasteiger partial charge on any atom is 0.293 e. The SMILES string of the molecule is CNC(=O)c1ccc(NCCc2cccs2)c([N+](=O)[O-])c1. The molecule has 6 nitrogen and oxygen atoms in total. The van der Waals surface area contributed by atoms with E-state index >= 15 is 0 Å². The molecule has 2 aromatic rings.